The summed E-state index contributed by atoms with van der Waals surface area (Å²) in [6.07, 6.45) is 0.431. The molecule has 0 spiro atoms. The van der Waals surface area contributed by atoms with E-state index in [0.717, 1.165) is 0 Å². The summed E-state index contributed by atoms with van der Waals surface area (Å²) in [6, 6.07) is 15.5. The van der Waals surface area contributed by atoms with E-state index < -0.39 is 9.84 Å². The molecule has 0 saturated carbocycles. The summed E-state index contributed by atoms with van der Waals surface area (Å²) >= 11 is 5.91. The van der Waals surface area contributed by atoms with Gasteiger partial charge in [-0.3, -0.25) is 4.79 Å². The lowest BCUT2D eigenvalue weighted by molar-refractivity contribution is -0.121. The van der Waals surface area contributed by atoms with Crippen LogP contribution in [0, 0.1) is 0 Å². The molecule has 5 nitrogen and oxygen atoms in total. The maximum Gasteiger partial charge on any atom is 0.265 e. The van der Waals surface area contributed by atoms with Crippen LogP contribution in [0.25, 0.3) is 0 Å². The molecule has 7 heteroatoms. The third-order valence-electron chi connectivity index (χ3n) is 4.03. The minimum absolute atomic E-state index is 0.0230. The minimum atomic E-state index is -3.11. The fourth-order valence-electron chi connectivity index (χ4n) is 2.90. The van der Waals surface area contributed by atoms with Crippen LogP contribution >= 0.6 is 11.6 Å². The number of amides is 1. The molecule has 1 aliphatic heterocycles. The molecule has 0 N–H and O–H groups in total. The summed E-state index contributed by atoms with van der Waals surface area (Å²) in [5.74, 6) is 0.287. The highest BCUT2D eigenvalue weighted by atomic mass is 35.5. The van der Waals surface area contributed by atoms with Gasteiger partial charge in [0.2, 0.25) is 0 Å². The molecule has 0 aromatic heterocycles. The van der Waals surface area contributed by atoms with Crippen molar-refractivity contribution in [2.45, 2.75) is 12.5 Å². The second kappa shape index (κ2) is 7.45. The van der Waals surface area contributed by atoms with Gasteiger partial charge in [-0.25, -0.2) is 8.42 Å². The molecule has 0 unspecified atom stereocenters. The molecular formula is C18H18ClNO4S. The van der Waals surface area contributed by atoms with Crippen LogP contribution in [0.3, 0.4) is 0 Å². The molecule has 132 valence electrons. The van der Waals surface area contributed by atoms with E-state index in [1.807, 2.05) is 18.2 Å². The summed E-state index contributed by atoms with van der Waals surface area (Å²) in [5, 5.41) is 0.520. The normalized spacial score (nSPS) is 18.7. The number of carbonyl (C=O) groups is 1. The van der Waals surface area contributed by atoms with Crippen LogP contribution in [-0.4, -0.2) is 38.5 Å². The van der Waals surface area contributed by atoms with Crippen LogP contribution in [0.2, 0.25) is 5.02 Å². The highest BCUT2D eigenvalue weighted by molar-refractivity contribution is 7.91. The Balaban J connectivity index is 1.78. The molecule has 1 atom stereocenters. The lowest BCUT2D eigenvalue weighted by Gasteiger charge is -2.28. The van der Waals surface area contributed by atoms with Gasteiger partial charge in [0.25, 0.3) is 5.91 Å². The van der Waals surface area contributed by atoms with E-state index in [9.17, 15) is 13.2 Å². The third kappa shape index (κ3) is 4.52. The van der Waals surface area contributed by atoms with E-state index in [-0.39, 0.29) is 30.1 Å². The molecule has 2 aromatic carbocycles. The van der Waals surface area contributed by atoms with Crippen molar-refractivity contribution < 1.29 is 17.9 Å². The van der Waals surface area contributed by atoms with Gasteiger partial charge in [-0.2, -0.15) is 0 Å². The van der Waals surface area contributed by atoms with Gasteiger partial charge in [-0.15, -0.1) is 0 Å². The predicted molar refractivity (Wildman–Crippen MR) is 97.9 cm³/mol. The molecule has 2 aromatic rings. The van der Waals surface area contributed by atoms with Crippen molar-refractivity contribution in [1.82, 2.24) is 0 Å². The number of rotatable bonds is 5. The maximum absolute atomic E-state index is 12.8. The maximum atomic E-state index is 12.8. The van der Waals surface area contributed by atoms with Gasteiger partial charge in [-0.05, 0) is 36.8 Å². The molecular weight excluding hydrogens is 362 g/mol. The summed E-state index contributed by atoms with van der Waals surface area (Å²) in [7, 11) is -3.11. The number of benzene rings is 2. The number of hydrogen-bond donors (Lipinski definition) is 0. The van der Waals surface area contributed by atoms with Crippen LogP contribution in [0.1, 0.15) is 6.42 Å². The molecule has 25 heavy (non-hydrogen) atoms. The highest BCUT2D eigenvalue weighted by Crippen LogP contribution is 2.25. The zero-order chi connectivity index (χ0) is 17.9. The summed E-state index contributed by atoms with van der Waals surface area (Å²) in [5.41, 5.74) is 0.671. The van der Waals surface area contributed by atoms with Gasteiger partial charge in [0.05, 0.1) is 17.5 Å². The second-order valence-corrected chi connectivity index (χ2v) is 8.57. The monoisotopic (exact) mass is 379 g/mol. The molecule has 1 fully saturated rings. The van der Waals surface area contributed by atoms with E-state index in [1.54, 1.807) is 36.4 Å². The van der Waals surface area contributed by atoms with Crippen LogP contribution < -0.4 is 9.64 Å². The van der Waals surface area contributed by atoms with E-state index in [2.05, 4.69) is 0 Å². The first-order valence-corrected chi connectivity index (χ1v) is 10.1. The van der Waals surface area contributed by atoms with Gasteiger partial charge >= 0.3 is 0 Å². The molecule has 0 bridgehead atoms. The lowest BCUT2D eigenvalue weighted by Crippen LogP contribution is -2.43. The van der Waals surface area contributed by atoms with Crippen LogP contribution in [0.4, 0.5) is 5.69 Å². The Morgan fingerprint density at radius 3 is 2.56 bits per heavy atom. The third-order valence-corrected chi connectivity index (χ3v) is 6.02. The first kappa shape index (κ1) is 17.8. The van der Waals surface area contributed by atoms with Crippen molar-refractivity contribution in [3.05, 3.63) is 59.6 Å². The fraction of sp³-hybridized carbons (Fsp3) is 0.278. The topological polar surface area (TPSA) is 63.7 Å². The van der Waals surface area contributed by atoms with Crippen molar-refractivity contribution in [3.8, 4) is 5.75 Å². The van der Waals surface area contributed by atoms with Crippen molar-refractivity contribution >= 4 is 33.0 Å². The number of carbonyl (C=O) groups excluding carboxylic acids is 1. The fourth-order valence-corrected chi connectivity index (χ4v) is 4.78. The first-order chi connectivity index (χ1) is 11.9. The molecule has 1 amide bonds. The quantitative estimate of drug-likeness (QED) is 0.801. The van der Waals surface area contributed by atoms with Gasteiger partial charge in [0.15, 0.2) is 16.4 Å². The molecule has 3 rings (SSSR count). The lowest BCUT2D eigenvalue weighted by atomic mass is 10.2. The van der Waals surface area contributed by atoms with E-state index in [0.29, 0.717) is 22.9 Å². The standard InChI is InChI=1S/C18H18ClNO4S/c19-14-5-4-8-17(11-14)24-12-18(21)20(15-6-2-1-3-7-15)16-9-10-25(22,23)13-16/h1-8,11,16H,9-10,12-13H2/t16-/m0/s1. The van der Waals surface area contributed by atoms with Gasteiger partial charge in [0.1, 0.15) is 5.75 Å². The average molecular weight is 380 g/mol. The number of ether oxygens (including phenoxy) is 1. The summed E-state index contributed by atoms with van der Waals surface area (Å²) < 4.78 is 29.2. The van der Waals surface area contributed by atoms with Gasteiger partial charge in [-0.1, -0.05) is 35.9 Å². The largest absolute Gasteiger partial charge is 0.484 e. The Kier molecular flexibility index (Phi) is 5.30. The highest BCUT2D eigenvalue weighted by Gasteiger charge is 2.35. The molecule has 1 aliphatic rings. The molecule has 1 heterocycles. The predicted octanol–water partition coefficient (Wildman–Crippen LogP) is 2.94. The number of para-hydroxylation sites is 1. The molecule has 0 radical (unpaired) electrons. The van der Waals surface area contributed by atoms with E-state index in [1.165, 1.54) is 4.90 Å². The van der Waals surface area contributed by atoms with Gasteiger partial charge in [0, 0.05) is 10.7 Å². The SMILES string of the molecule is O=C(COc1cccc(Cl)c1)N(c1ccccc1)[C@H]1CCS(=O)(=O)C1. The minimum Gasteiger partial charge on any atom is -0.484 e. The Hall–Kier alpha value is -2.05. The van der Waals surface area contributed by atoms with E-state index >= 15 is 0 Å². The van der Waals surface area contributed by atoms with Crippen molar-refractivity contribution in [1.29, 1.82) is 0 Å². The number of sulfone groups is 1. The van der Waals surface area contributed by atoms with Crippen LogP contribution in [0.15, 0.2) is 54.6 Å². The Labute approximate surface area is 152 Å². The summed E-state index contributed by atoms with van der Waals surface area (Å²) in [6.45, 7) is -0.189. The summed E-state index contributed by atoms with van der Waals surface area (Å²) in [4.78, 5) is 14.3. The smallest absolute Gasteiger partial charge is 0.265 e. The number of anilines is 1. The van der Waals surface area contributed by atoms with Crippen molar-refractivity contribution in [3.63, 3.8) is 0 Å². The van der Waals surface area contributed by atoms with Crippen LogP contribution in [0.5, 0.6) is 5.75 Å². The van der Waals surface area contributed by atoms with Gasteiger partial charge < -0.3 is 9.64 Å². The second-order valence-electron chi connectivity index (χ2n) is 5.90. The first-order valence-electron chi connectivity index (χ1n) is 7.90. The van der Waals surface area contributed by atoms with Crippen molar-refractivity contribution in [2.24, 2.45) is 0 Å². The van der Waals surface area contributed by atoms with Crippen LogP contribution in [-0.2, 0) is 14.6 Å². The number of nitrogens with zero attached hydrogens (tertiary/aromatic N) is 1. The molecule has 1 saturated heterocycles. The number of hydrogen-bond acceptors (Lipinski definition) is 4. The zero-order valence-electron chi connectivity index (χ0n) is 13.5. The number of halogens is 1. The van der Waals surface area contributed by atoms with Crippen molar-refractivity contribution in [2.75, 3.05) is 23.0 Å². The molecule has 0 aliphatic carbocycles. The van der Waals surface area contributed by atoms with E-state index in [4.69, 9.17) is 16.3 Å². The average Bonchev–Trinajstić information content (AvgIpc) is 2.94. The Morgan fingerprint density at radius 1 is 1.16 bits per heavy atom. The Bertz CT molecular complexity index is 854. The Morgan fingerprint density at radius 2 is 1.92 bits per heavy atom. The zero-order valence-corrected chi connectivity index (χ0v) is 15.0.